The van der Waals surface area contributed by atoms with Crippen molar-refractivity contribution < 1.29 is 4.79 Å². The van der Waals surface area contributed by atoms with E-state index in [1.807, 2.05) is 31.3 Å². The Bertz CT molecular complexity index is 533. The summed E-state index contributed by atoms with van der Waals surface area (Å²) in [6, 6.07) is 5.61. The van der Waals surface area contributed by atoms with Gasteiger partial charge >= 0.3 is 0 Å². The third kappa shape index (κ3) is 1.78. The van der Waals surface area contributed by atoms with Crippen LogP contribution < -0.4 is 4.90 Å². The van der Waals surface area contributed by atoms with Crippen molar-refractivity contribution in [1.82, 2.24) is 4.98 Å². The molecule has 3 nitrogen and oxygen atoms in total. The van der Waals surface area contributed by atoms with E-state index in [1.165, 1.54) is 0 Å². The van der Waals surface area contributed by atoms with Gasteiger partial charge in [-0.2, -0.15) is 0 Å². The Labute approximate surface area is 99.0 Å². The maximum atomic E-state index is 11.5. The van der Waals surface area contributed by atoms with Gasteiger partial charge in [-0.15, -0.1) is 0 Å². The summed E-state index contributed by atoms with van der Waals surface area (Å²) >= 11 is 5.90. The molecular formula is C12H13ClN2O. The molecule has 16 heavy (non-hydrogen) atoms. The average Bonchev–Trinajstić information content (AvgIpc) is 2.62. The van der Waals surface area contributed by atoms with Crippen molar-refractivity contribution in [1.29, 1.82) is 0 Å². The van der Waals surface area contributed by atoms with Crippen LogP contribution in [0.5, 0.6) is 0 Å². The summed E-state index contributed by atoms with van der Waals surface area (Å²) in [5.74, 6) is 0.0401. The van der Waals surface area contributed by atoms with Crippen molar-refractivity contribution in [2.24, 2.45) is 0 Å². The van der Waals surface area contributed by atoms with Crippen LogP contribution in [0.3, 0.4) is 0 Å². The minimum Gasteiger partial charge on any atom is -0.359 e. The SMILES string of the molecule is CCN(C(C)=O)c1c[nH]c2cc(Cl)ccc12. The van der Waals surface area contributed by atoms with Crippen LogP contribution in [0.2, 0.25) is 5.02 Å². The van der Waals surface area contributed by atoms with Gasteiger partial charge in [-0.05, 0) is 25.1 Å². The van der Waals surface area contributed by atoms with Crippen molar-refractivity contribution in [3.8, 4) is 0 Å². The molecular weight excluding hydrogens is 224 g/mol. The fourth-order valence-corrected chi connectivity index (χ4v) is 2.04. The second kappa shape index (κ2) is 4.18. The Kier molecular flexibility index (Phi) is 2.88. The van der Waals surface area contributed by atoms with E-state index < -0.39 is 0 Å². The number of nitrogens with one attached hydrogen (secondary N) is 1. The Morgan fingerprint density at radius 3 is 2.88 bits per heavy atom. The van der Waals surface area contributed by atoms with Gasteiger partial charge in [0.05, 0.1) is 5.69 Å². The normalized spacial score (nSPS) is 10.7. The fourth-order valence-electron chi connectivity index (χ4n) is 1.87. The minimum atomic E-state index is 0.0401. The standard InChI is InChI=1S/C12H13ClN2O/c1-3-15(8(2)16)12-7-14-11-6-9(13)4-5-10(11)12/h4-7,14H,3H2,1-2H3. The van der Waals surface area contributed by atoms with Crippen molar-refractivity contribution in [3.63, 3.8) is 0 Å². The van der Waals surface area contributed by atoms with E-state index in [4.69, 9.17) is 11.6 Å². The van der Waals surface area contributed by atoms with E-state index in [0.717, 1.165) is 16.6 Å². The zero-order chi connectivity index (χ0) is 11.7. The van der Waals surface area contributed by atoms with Gasteiger partial charge in [0.25, 0.3) is 0 Å². The summed E-state index contributed by atoms with van der Waals surface area (Å²) in [6.45, 7) is 4.18. The summed E-state index contributed by atoms with van der Waals surface area (Å²) in [4.78, 5) is 16.3. The number of fused-ring (bicyclic) bond motifs is 1. The number of rotatable bonds is 2. The van der Waals surface area contributed by atoms with Crippen LogP contribution in [0.15, 0.2) is 24.4 Å². The Hall–Kier alpha value is -1.48. The smallest absolute Gasteiger partial charge is 0.223 e. The predicted octanol–water partition coefficient (Wildman–Crippen LogP) is 3.19. The molecule has 1 aromatic heterocycles. The number of aromatic amines is 1. The third-order valence-electron chi connectivity index (χ3n) is 2.61. The molecule has 1 aromatic carbocycles. The Morgan fingerprint density at radius 2 is 2.25 bits per heavy atom. The second-order valence-corrected chi connectivity index (χ2v) is 4.06. The van der Waals surface area contributed by atoms with E-state index in [9.17, 15) is 4.79 Å². The van der Waals surface area contributed by atoms with Gasteiger partial charge < -0.3 is 9.88 Å². The van der Waals surface area contributed by atoms with Crippen LogP contribution >= 0.6 is 11.6 Å². The highest BCUT2D eigenvalue weighted by atomic mass is 35.5. The lowest BCUT2D eigenvalue weighted by Gasteiger charge is -2.17. The summed E-state index contributed by atoms with van der Waals surface area (Å²) in [5.41, 5.74) is 1.85. The first-order chi connectivity index (χ1) is 7.63. The van der Waals surface area contributed by atoms with Gasteiger partial charge in [-0.3, -0.25) is 4.79 Å². The van der Waals surface area contributed by atoms with Crippen LogP contribution in [-0.4, -0.2) is 17.4 Å². The number of hydrogen-bond acceptors (Lipinski definition) is 1. The molecule has 0 spiro atoms. The average molecular weight is 237 g/mol. The van der Waals surface area contributed by atoms with Gasteiger partial charge in [0.15, 0.2) is 0 Å². The van der Waals surface area contributed by atoms with E-state index in [2.05, 4.69) is 4.98 Å². The number of H-pyrrole nitrogens is 1. The van der Waals surface area contributed by atoms with E-state index in [1.54, 1.807) is 11.8 Å². The first-order valence-corrected chi connectivity index (χ1v) is 5.56. The highest BCUT2D eigenvalue weighted by Crippen LogP contribution is 2.28. The Balaban J connectivity index is 2.57. The zero-order valence-electron chi connectivity index (χ0n) is 9.25. The molecule has 0 radical (unpaired) electrons. The second-order valence-electron chi connectivity index (χ2n) is 3.63. The summed E-state index contributed by atoms with van der Waals surface area (Å²) in [6.07, 6.45) is 1.84. The number of carbonyl (C=O) groups is 1. The topological polar surface area (TPSA) is 36.1 Å². The van der Waals surface area contributed by atoms with Crippen molar-refractivity contribution in [3.05, 3.63) is 29.4 Å². The number of amides is 1. The molecule has 0 bridgehead atoms. The molecule has 4 heteroatoms. The molecule has 1 N–H and O–H groups in total. The molecule has 0 atom stereocenters. The maximum Gasteiger partial charge on any atom is 0.223 e. The first-order valence-electron chi connectivity index (χ1n) is 5.18. The molecule has 0 saturated heterocycles. The lowest BCUT2D eigenvalue weighted by molar-refractivity contribution is -0.116. The van der Waals surface area contributed by atoms with E-state index >= 15 is 0 Å². The van der Waals surface area contributed by atoms with Crippen LogP contribution in [-0.2, 0) is 4.79 Å². The molecule has 0 aliphatic heterocycles. The molecule has 1 heterocycles. The molecule has 1 amide bonds. The summed E-state index contributed by atoms with van der Waals surface area (Å²) in [5, 5.41) is 1.70. The molecule has 0 fully saturated rings. The number of anilines is 1. The monoisotopic (exact) mass is 236 g/mol. The van der Waals surface area contributed by atoms with Crippen molar-refractivity contribution >= 4 is 34.1 Å². The van der Waals surface area contributed by atoms with Gasteiger partial charge in [0, 0.05) is 35.6 Å². The lowest BCUT2D eigenvalue weighted by atomic mass is 10.2. The van der Waals surface area contributed by atoms with Crippen LogP contribution in [0, 0.1) is 0 Å². The highest BCUT2D eigenvalue weighted by Gasteiger charge is 2.13. The van der Waals surface area contributed by atoms with Crippen molar-refractivity contribution in [2.45, 2.75) is 13.8 Å². The quantitative estimate of drug-likeness (QED) is 0.854. The fraction of sp³-hybridized carbons (Fsp3) is 0.250. The lowest BCUT2D eigenvalue weighted by Crippen LogP contribution is -2.27. The largest absolute Gasteiger partial charge is 0.359 e. The number of benzene rings is 1. The van der Waals surface area contributed by atoms with Crippen LogP contribution in [0.4, 0.5) is 5.69 Å². The summed E-state index contributed by atoms with van der Waals surface area (Å²) in [7, 11) is 0. The number of aromatic nitrogens is 1. The molecule has 2 aromatic rings. The summed E-state index contributed by atoms with van der Waals surface area (Å²) < 4.78 is 0. The first kappa shape index (κ1) is 11.0. The van der Waals surface area contributed by atoms with Gasteiger partial charge in [-0.25, -0.2) is 0 Å². The van der Waals surface area contributed by atoms with Gasteiger partial charge in [-0.1, -0.05) is 11.6 Å². The number of halogens is 1. The third-order valence-corrected chi connectivity index (χ3v) is 2.84. The van der Waals surface area contributed by atoms with Crippen LogP contribution in [0.25, 0.3) is 10.9 Å². The number of hydrogen-bond donors (Lipinski definition) is 1. The highest BCUT2D eigenvalue weighted by molar-refractivity contribution is 6.31. The molecule has 0 unspecified atom stereocenters. The van der Waals surface area contributed by atoms with E-state index in [-0.39, 0.29) is 5.91 Å². The molecule has 0 saturated carbocycles. The number of carbonyl (C=O) groups excluding carboxylic acids is 1. The maximum absolute atomic E-state index is 11.5. The predicted molar refractivity (Wildman–Crippen MR) is 67.0 cm³/mol. The van der Waals surface area contributed by atoms with E-state index in [0.29, 0.717) is 11.6 Å². The molecule has 0 aliphatic rings. The molecule has 84 valence electrons. The van der Waals surface area contributed by atoms with Crippen molar-refractivity contribution in [2.75, 3.05) is 11.4 Å². The van der Waals surface area contributed by atoms with Gasteiger partial charge in [0.2, 0.25) is 5.91 Å². The Morgan fingerprint density at radius 1 is 1.50 bits per heavy atom. The zero-order valence-corrected chi connectivity index (χ0v) is 10.0. The minimum absolute atomic E-state index is 0.0401. The molecule has 2 rings (SSSR count). The number of nitrogens with zero attached hydrogens (tertiary/aromatic N) is 1. The van der Waals surface area contributed by atoms with Crippen LogP contribution in [0.1, 0.15) is 13.8 Å². The van der Waals surface area contributed by atoms with Gasteiger partial charge in [0.1, 0.15) is 0 Å². The molecule has 0 aliphatic carbocycles.